The summed E-state index contributed by atoms with van der Waals surface area (Å²) in [6.07, 6.45) is 0. The number of nitrogens with zero attached hydrogens (tertiary/aromatic N) is 3. The van der Waals surface area contributed by atoms with Crippen LogP contribution in [0.3, 0.4) is 0 Å². The van der Waals surface area contributed by atoms with Crippen LogP contribution in [0.4, 0.5) is 0 Å². The molecule has 2 saturated heterocycles. The van der Waals surface area contributed by atoms with Crippen molar-refractivity contribution in [2.24, 2.45) is 0 Å². The molecule has 2 fully saturated rings. The van der Waals surface area contributed by atoms with E-state index in [0.717, 1.165) is 12.1 Å². The van der Waals surface area contributed by atoms with Gasteiger partial charge in [0.1, 0.15) is 0 Å². The van der Waals surface area contributed by atoms with Gasteiger partial charge in [-0.15, -0.1) is 11.3 Å². The van der Waals surface area contributed by atoms with E-state index in [0.29, 0.717) is 37.7 Å². The average Bonchev–Trinajstić information content (AvgIpc) is 3.35. The molecule has 2 aromatic rings. The van der Waals surface area contributed by atoms with Gasteiger partial charge in [0.05, 0.1) is 18.0 Å². The number of rotatable bonds is 5. The van der Waals surface area contributed by atoms with Crippen LogP contribution in [-0.4, -0.2) is 85.5 Å². The molecule has 7 heteroatoms. The summed E-state index contributed by atoms with van der Waals surface area (Å²) in [5.41, 5.74) is 0.0670. The van der Waals surface area contributed by atoms with Gasteiger partial charge in [-0.05, 0) is 31.1 Å². The molecule has 2 unspecified atom stereocenters. The molecule has 154 valence electrons. The minimum Gasteiger partial charge on any atom is -0.361 e. The number of hydrogen-bond acceptors (Lipinski definition) is 5. The van der Waals surface area contributed by atoms with Gasteiger partial charge in [-0.25, -0.2) is 0 Å². The van der Waals surface area contributed by atoms with Crippen LogP contribution in [0.25, 0.3) is 0 Å². The van der Waals surface area contributed by atoms with Crippen LogP contribution in [0.1, 0.15) is 21.2 Å². The summed E-state index contributed by atoms with van der Waals surface area (Å²) in [4.78, 5) is 33.0. The molecule has 0 N–H and O–H groups in total. The molecule has 0 bridgehead atoms. The van der Waals surface area contributed by atoms with Gasteiger partial charge in [0.25, 0.3) is 11.8 Å². The van der Waals surface area contributed by atoms with Crippen LogP contribution in [0.2, 0.25) is 0 Å². The smallest absolute Gasteiger partial charge is 0.264 e. The van der Waals surface area contributed by atoms with Crippen molar-refractivity contribution in [1.29, 1.82) is 0 Å². The Hall–Kier alpha value is -2.22. The van der Waals surface area contributed by atoms with Crippen molar-refractivity contribution < 1.29 is 14.3 Å². The molecule has 1 aromatic carbocycles. The van der Waals surface area contributed by atoms with Crippen LogP contribution in [0.5, 0.6) is 0 Å². The molecule has 3 heterocycles. The van der Waals surface area contributed by atoms with Crippen LogP contribution in [-0.2, 0) is 9.53 Å². The standard InChI is InChI=1S/C22H27N3O3S/c1-23(2)10-11-24-15-18(17-7-4-3-5-8-17)22(21(24)27)16-25(12-13-28-22)20(26)19-9-6-14-29-19/h3-9,14,18H,10-13,15-16H2,1-2H3. The Morgan fingerprint density at radius 2 is 2.03 bits per heavy atom. The first-order chi connectivity index (χ1) is 14.0. The molecular formula is C22H27N3O3S. The molecule has 6 nitrogen and oxygen atoms in total. The number of morpholine rings is 1. The van der Waals surface area contributed by atoms with E-state index >= 15 is 0 Å². The van der Waals surface area contributed by atoms with Gasteiger partial charge >= 0.3 is 0 Å². The third kappa shape index (κ3) is 3.82. The summed E-state index contributed by atoms with van der Waals surface area (Å²) < 4.78 is 6.25. The van der Waals surface area contributed by atoms with E-state index < -0.39 is 5.60 Å². The van der Waals surface area contributed by atoms with Crippen molar-refractivity contribution in [3.63, 3.8) is 0 Å². The zero-order chi connectivity index (χ0) is 20.4. The third-order valence-electron chi connectivity index (χ3n) is 5.80. The largest absolute Gasteiger partial charge is 0.361 e. The predicted octanol–water partition coefficient (Wildman–Crippen LogP) is 2.15. The Kier molecular flexibility index (Phi) is 5.72. The summed E-state index contributed by atoms with van der Waals surface area (Å²) >= 11 is 1.43. The summed E-state index contributed by atoms with van der Waals surface area (Å²) in [6, 6.07) is 13.8. The number of amides is 2. The number of carbonyl (C=O) groups is 2. The molecule has 1 aromatic heterocycles. The fourth-order valence-corrected chi connectivity index (χ4v) is 4.95. The van der Waals surface area contributed by atoms with E-state index in [1.807, 2.05) is 54.7 Å². The maximum absolute atomic E-state index is 13.6. The Labute approximate surface area is 175 Å². The second-order valence-corrected chi connectivity index (χ2v) is 8.91. The van der Waals surface area contributed by atoms with Crippen molar-refractivity contribution in [2.75, 3.05) is 53.4 Å². The lowest BCUT2D eigenvalue weighted by Crippen LogP contribution is -2.59. The third-order valence-corrected chi connectivity index (χ3v) is 6.66. The van der Waals surface area contributed by atoms with E-state index in [1.165, 1.54) is 11.3 Å². The van der Waals surface area contributed by atoms with Gasteiger partial charge in [-0.2, -0.15) is 0 Å². The second kappa shape index (κ2) is 8.26. The Balaban J connectivity index is 1.65. The Morgan fingerprint density at radius 3 is 2.72 bits per heavy atom. The number of carbonyl (C=O) groups excluding carboxylic acids is 2. The summed E-state index contributed by atoms with van der Waals surface area (Å²) in [6.45, 7) is 3.22. The topological polar surface area (TPSA) is 53.1 Å². The van der Waals surface area contributed by atoms with Gasteiger partial charge < -0.3 is 19.4 Å². The van der Waals surface area contributed by atoms with Gasteiger partial charge in [0, 0.05) is 32.1 Å². The lowest BCUT2D eigenvalue weighted by molar-refractivity contribution is -0.159. The first kappa shape index (κ1) is 20.1. The summed E-state index contributed by atoms with van der Waals surface area (Å²) in [7, 11) is 4.01. The van der Waals surface area contributed by atoms with E-state index in [1.54, 1.807) is 4.90 Å². The Morgan fingerprint density at radius 1 is 1.24 bits per heavy atom. The highest BCUT2D eigenvalue weighted by Gasteiger charge is 2.58. The maximum Gasteiger partial charge on any atom is 0.264 e. The number of ether oxygens (including phenoxy) is 1. The van der Waals surface area contributed by atoms with Crippen LogP contribution < -0.4 is 0 Å². The Bertz CT molecular complexity index is 855. The van der Waals surface area contributed by atoms with Crippen molar-refractivity contribution in [3.05, 3.63) is 58.3 Å². The molecule has 2 aliphatic rings. The fraction of sp³-hybridized carbons (Fsp3) is 0.455. The van der Waals surface area contributed by atoms with Crippen molar-refractivity contribution in [1.82, 2.24) is 14.7 Å². The number of likely N-dealkylation sites (N-methyl/N-ethyl adjacent to an activating group) is 1. The van der Waals surface area contributed by atoms with E-state index in [9.17, 15) is 9.59 Å². The SMILES string of the molecule is CN(C)CCN1CC(c2ccccc2)C2(CN(C(=O)c3cccs3)CCO2)C1=O. The normalized spacial score (nSPS) is 24.7. The zero-order valence-electron chi connectivity index (χ0n) is 16.9. The minimum atomic E-state index is -1.02. The quantitative estimate of drug-likeness (QED) is 0.754. The number of benzene rings is 1. The van der Waals surface area contributed by atoms with E-state index in [4.69, 9.17) is 4.74 Å². The van der Waals surface area contributed by atoms with Gasteiger partial charge in [0.2, 0.25) is 0 Å². The van der Waals surface area contributed by atoms with Crippen molar-refractivity contribution in [3.8, 4) is 0 Å². The number of likely N-dealkylation sites (tertiary alicyclic amines) is 1. The lowest BCUT2D eigenvalue weighted by atomic mass is 9.83. The van der Waals surface area contributed by atoms with Crippen LogP contribution in [0.15, 0.2) is 47.8 Å². The maximum atomic E-state index is 13.6. The molecule has 2 amide bonds. The number of thiophene rings is 1. The molecule has 1 spiro atoms. The zero-order valence-corrected chi connectivity index (χ0v) is 17.7. The molecular weight excluding hydrogens is 386 g/mol. The van der Waals surface area contributed by atoms with Crippen LogP contribution in [0, 0.1) is 0 Å². The lowest BCUT2D eigenvalue weighted by Gasteiger charge is -2.42. The molecule has 0 aliphatic carbocycles. The monoisotopic (exact) mass is 413 g/mol. The van der Waals surface area contributed by atoms with E-state index in [-0.39, 0.29) is 17.7 Å². The second-order valence-electron chi connectivity index (χ2n) is 7.96. The average molecular weight is 414 g/mol. The number of hydrogen-bond donors (Lipinski definition) is 0. The van der Waals surface area contributed by atoms with Gasteiger partial charge in [-0.1, -0.05) is 36.4 Å². The predicted molar refractivity (Wildman–Crippen MR) is 113 cm³/mol. The summed E-state index contributed by atoms with van der Waals surface area (Å²) in [5.74, 6) is -0.122. The molecule has 0 radical (unpaired) electrons. The molecule has 0 saturated carbocycles. The van der Waals surface area contributed by atoms with Crippen molar-refractivity contribution >= 4 is 23.2 Å². The first-order valence-corrected chi connectivity index (χ1v) is 10.8. The minimum absolute atomic E-state index is 0.00289. The summed E-state index contributed by atoms with van der Waals surface area (Å²) in [5, 5.41) is 1.90. The molecule has 2 atom stereocenters. The highest BCUT2D eigenvalue weighted by atomic mass is 32.1. The first-order valence-electron chi connectivity index (χ1n) is 9.97. The fourth-order valence-electron chi connectivity index (χ4n) is 4.26. The van der Waals surface area contributed by atoms with Gasteiger partial charge in [0.15, 0.2) is 5.60 Å². The molecule has 4 rings (SSSR count). The molecule has 29 heavy (non-hydrogen) atoms. The van der Waals surface area contributed by atoms with Crippen molar-refractivity contribution in [2.45, 2.75) is 11.5 Å². The van der Waals surface area contributed by atoms with Crippen LogP contribution >= 0.6 is 11.3 Å². The highest BCUT2D eigenvalue weighted by Crippen LogP contribution is 2.42. The van der Waals surface area contributed by atoms with E-state index in [2.05, 4.69) is 17.0 Å². The highest BCUT2D eigenvalue weighted by molar-refractivity contribution is 7.12. The van der Waals surface area contributed by atoms with Gasteiger partial charge in [-0.3, -0.25) is 9.59 Å². The molecule has 2 aliphatic heterocycles.